The third-order valence-electron chi connectivity index (χ3n) is 9.64. The molecule has 232 valence electrons. The van der Waals surface area contributed by atoms with Crippen LogP contribution in [0.1, 0.15) is 51.6 Å². The van der Waals surface area contributed by atoms with Gasteiger partial charge in [-0.05, 0) is 60.5 Å². The summed E-state index contributed by atoms with van der Waals surface area (Å²) in [7, 11) is 0. The van der Waals surface area contributed by atoms with Crippen molar-refractivity contribution in [1.82, 2.24) is 14.7 Å². The standard InChI is InChI=1S/C35H27Cl2FN4O4/c1-2-46-21-6-3-5-18(13-21)17-41-29-16-28-22-11-9-19(33(43)44)14-26(22)40-42(28)32(29)30(23-7-4-8-25(37)31(23)38)35(41)24-12-10-20(36)15-27(24)39-34(35)45/h3-15,29-30,32H,2,16-17H2,1H3,(H,39,45)(H,43,44)/t29-,30-,32?,35+/m0/s1. The number of ether oxygens (including phenoxy) is 1. The second-order valence-corrected chi connectivity index (χ2v) is 12.8. The van der Waals surface area contributed by atoms with E-state index in [0.717, 1.165) is 16.6 Å². The van der Waals surface area contributed by atoms with Gasteiger partial charge in [0.2, 0.25) is 5.91 Å². The first kappa shape index (κ1) is 29.0. The summed E-state index contributed by atoms with van der Waals surface area (Å²) in [6, 6.07) is 22.0. The fraction of sp³-hybridized carbons (Fsp3) is 0.229. The fourth-order valence-corrected chi connectivity index (χ4v) is 8.32. The molecule has 11 heteroatoms. The zero-order valence-corrected chi connectivity index (χ0v) is 26.0. The molecule has 1 amide bonds. The van der Waals surface area contributed by atoms with Crippen LogP contribution in [0.5, 0.6) is 5.75 Å². The fourth-order valence-electron chi connectivity index (χ4n) is 7.96. The highest BCUT2D eigenvalue weighted by Gasteiger charge is 2.69. The minimum absolute atomic E-state index is 0.0447. The highest BCUT2D eigenvalue weighted by atomic mass is 35.5. The van der Waals surface area contributed by atoms with Crippen molar-refractivity contribution in [3.63, 3.8) is 0 Å². The third kappa shape index (κ3) is 4.05. The van der Waals surface area contributed by atoms with Gasteiger partial charge in [-0.2, -0.15) is 5.10 Å². The number of amides is 1. The third-order valence-corrected chi connectivity index (χ3v) is 10.2. The molecule has 1 unspecified atom stereocenters. The van der Waals surface area contributed by atoms with Crippen LogP contribution in [0.15, 0.2) is 78.9 Å². The summed E-state index contributed by atoms with van der Waals surface area (Å²) in [5.74, 6) is -2.00. The summed E-state index contributed by atoms with van der Waals surface area (Å²) in [5, 5.41) is 18.9. The lowest BCUT2D eigenvalue weighted by Crippen LogP contribution is -2.52. The Balaban J connectivity index is 1.40. The van der Waals surface area contributed by atoms with Gasteiger partial charge in [-0.1, -0.05) is 59.6 Å². The van der Waals surface area contributed by atoms with Gasteiger partial charge in [-0.15, -0.1) is 0 Å². The smallest absolute Gasteiger partial charge is 0.335 e. The van der Waals surface area contributed by atoms with Crippen molar-refractivity contribution < 1.29 is 23.8 Å². The zero-order chi connectivity index (χ0) is 31.9. The van der Waals surface area contributed by atoms with Crippen molar-refractivity contribution in [3.05, 3.63) is 123 Å². The number of rotatable bonds is 6. The molecule has 46 heavy (non-hydrogen) atoms. The Kier molecular flexibility index (Phi) is 6.65. The lowest BCUT2D eigenvalue weighted by Gasteiger charge is -2.40. The molecule has 3 aliphatic rings. The van der Waals surface area contributed by atoms with Crippen LogP contribution in [0.25, 0.3) is 10.9 Å². The Morgan fingerprint density at radius 1 is 1.11 bits per heavy atom. The summed E-state index contributed by atoms with van der Waals surface area (Å²) >= 11 is 12.8. The van der Waals surface area contributed by atoms with Gasteiger partial charge in [0.1, 0.15) is 17.1 Å². The van der Waals surface area contributed by atoms with Crippen LogP contribution in [0.3, 0.4) is 0 Å². The average molecular weight is 658 g/mol. The number of carbonyl (C=O) groups is 2. The average Bonchev–Trinajstić information content (AvgIpc) is 3.72. The molecule has 1 aromatic heterocycles. The SMILES string of the molecule is CCOc1cccc(CN2[C@H]3Cc4c5ccc(C(=O)O)cc5nn4C3[C@H](c3cccc(Cl)c3F)[C@]23C(=O)Nc2cc(Cl)ccc23)c1. The van der Waals surface area contributed by atoms with Crippen molar-refractivity contribution >= 4 is 51.7 Å². The number of likely N-dealkylation sites (tertiary alicyclic amines) is 1. The van der Waals surface area contributed by atoms with E-state index >= 15 is 4.39 Å². The van der Waals surface area contributed by atoms with E-state index < -0.39 is 29.3 Å². The maximum atomic E-state index is 16.3. The van der Waals surface area contributed by atoms with Gasteiger partial charge in [0.05, 0.1) is 28.8 Å². The summed E-state index contributed by atoms with van der Waals surface area (Å²) in [6.45, 7) is 2.78. The van der Waals surface area contributed by atoms with Crippen LogP contribution in [-0.4, -0.2) is 44.3 Å². The lowest BCUT2D eigenvalue weighted by atomic mass is 9.73. The van der Waals surface area contributed by atoms with E-state index in [1.54, 1.807) is 42.5 Å². The molecular weight excluding hydrogens is 630 g/mol. The Morgan fingerprint density at radius 3 is 2.74 bits per heavy atom. The maximum absolute atomic E-state index is 16.3. The van der Waals surface area contributed by atoms with Crippen molar-refractivity contribution in [2.75, 3.05) is 11.9 Å². The number of fused-ring (bicyclic) bond motifs is 7. The number of anilines is 1. The van der Waals surface area contributed by atoms with E-state index in [-0.39, 0.29) is 22.5 Å². The quantitative estimate of drug-likeness (QED) is 0.201. The monoisotopic (exact) mass is 656 g/mol. The van der Waals surface area contributed by atoms with E-state index in [1.165, 1.54) is 6.07 Å². The van der Waals surface area contributed by atoms with Gasteiger partial charge in [-0.3, -0.25) is 14.4 Å². The number of aromatic nitrogens is 2. The summed E-state index contributed by atoms with van der Waals surface area (Å²) in [4.78, 5) is 28.6. The summed E-state index contributed by atoms with van der Waals surface area (Å²) in [6.07, 6.45) is 0.495. The molecule has 8 nitrogen and oxygen atoms in total. The first-order valence-corrected chi connectivity index (χ1v) is 15.8. The van der Waals surface area contributed by atoms with Crippen LogP contribution in [0.4, 0.5) is 10.1 Å². The molecule has 4 heterocycles. The second kappa shape index (κ2) is 10.6. The van der Waals surface area contributed by atoms with Crippen molar-refractivity contribution in [2.24, 2.45) is 0 Å². The topological polar surface area (TPSA) is 96.7 Å². The number of aromatic carboxylic acids is 1. The van der Waals surface area contributed by atoms with Crippen LogP contribution >= 0.6 is 23.2 Å². The summed E-state index contributed by atoms with van der Waals surface area (Å²) < 4.78 is 24.0. The molecule has 5 aromatic rings. The molecule has 4 aromatic carbocycles. The number of carbonyl (C=O) groups excluding carboxylic acids is 1. The van der Waals surface area contributed by atoms with E-state index in [9.17, 15) is 14.7 Å². The van der Waals surface area contributed by atoms with Crippen LogP contribution in [-0.2, 0) is 23.3 Å². The minimum Gasteiger partial charge on any atom is -0.494 e. The number of hydrogen-bond acceptors (Lipinski definition) is 5. The van der Waals surface area contributed by atoms with Gasteiger partial charge < -0.3 is 15.2 Å². The summed E-state index contributed by atoms with van der Waals surface area (Å²) in [5.41, 5.74) is 2.65. The Hall–Kier alpha value is -4.44. The molecule has 0 bridgehead atoms. The Bertz CT molecular complexity index is 2100. The maximum Gasteiger partial charge on any atom is 0.335 e. The largest absolute Gasteiger partial charge is 0.494 e. The first-order chi connectivity index (χ1) is 22.2. The zero-order valence-electron chi connectivity index (χ0n) is 24.5. The van der Waals surface area contributed by atoms with Gasteiger partial charge in [0, 0.05) is 52.3 Å². The molecule has 2 N–H and O–H groups in total. The number of carboxylic acids is 1. The van der Waals surface area contributed by atoms with Gasteiger partial charge in [0.25, 0.3) is 0 Å². The Labute approximate surface area is 273 Å². The van der Waals surface area contributed by atoms with Gasteiger partial charge >= 0.3 is 5.97 Å². The van der Waals surface area contributed by atoms with Crippen molar-refractivity contribution in [1.29, 1.82) is 0 Å². The molecule has 0 aliphatic carbocycles. The molecular formula is C35H27Cl2FN4O4. The predicted octanol–water partition coefficient (Wildman–Crippen LogP) is 7.19. The normalized spacial score (nSPS) is 23.0. The number of carboxylic acid groups (broad SMARTS) is 1. The van der Waals surface area contributed by atoms with Gasteiger partial charge in [0.15, 0.2) is 0 Å². The first-order valence-electron chi connectivity index (χ1n) is 15.0. The molecule has 1 spiro atoms. The molecule has 0 radical (unpaired) electrons. The van der Waals surface area contributed by atoms with Gasteiger partial charge in [-0.25, -0.2) is 9.18 Å². The number of benzene rings is 4. The molecule has 1 fully saturated rings. The van der Waals surface area contributed by atoms with E-state index in [0.29, 0.717) is 52.7 Å². The number of nitrogens with zero attached hydrogens (tertiary/aromatic N) is 3. The molecule has 8 rings (SSSR count). The highest BCUT2D eigenvalue weighted by molar-refractivity contribution is 6.31. The van der Waals surface area contributed by atoms with E-state index in [4.69, 9.17) is 33.0 Å². The predicted molar refractivity (Wildman–Crippen MR) is 172 cm³/mol. The van der Waals surface area contributed by atoms with Crippen LogP contribution in [0.2, 0.25) is 10.0 Å². The number of halogens is 3. The van der Waals surface area contributed by atoms with Crippen LogP contribution in [0, 0.1) is 5.82 Å². The molecule has 0 saturated carbocycles. The molecule has 3 aliphatic heterocycles. The minimum atomic E-state index is -1.37. The molecule has 4 atom stereocenters. The van der Waals surface area contributed by atoms with E-state index in [1.807, 2.05) is 41.9 Å². The van der Waals surface area contributed by atoms with Crippen molar-refractivity contribution in [2.45, 2.75) is 43.4 Å². The Morgan fingerprint density at radius 2 is 1.93 bits per heavy atom. The number of nitrogens with one attached hydrogen (secondary N) is 1. The second-order valence-electron chi connectivity index (χ2n) is 11.9. The van der Waals surface area contributed by atoms with E-state index in [2.05, 4.69) is 10.2 Å². The number of hydrogen-bond donors (Lipinski definition) is 2. The molecule has 1 saturated heterocycles. The lowest BCUT2D eigenvalue weighted by molar-refractivity contribution is -0.128. The van der Waals surface area contributed by atoms with Crippen LogP contribution < -0.4 is 10.1 Å². The highest BCUT2D eigenvalue weighted by Crippen LogP contribution is 2.64. The van der Waals surface area contributed by atoms with Crippen molar-refractivity contribution in [3.8, 4) is 5.75 Å².